The first-order valence-corrected chi connectivity index (χ1v) is 9.16. The van der Waals surface area contributed by atoms with Crippen LogP contribution in [0.2, 0.25) is 5.02 Å². The second kappa shape index (κ2) is 5.78. The van der Waals surface area contributed by atoms with Gasteiger partial charge in [-0.05, 0) is 29.8 Å². The van der Waals surface area contributed by atoms with Crippen LogP contribution >= 0.6 is 11.6 Å². The summed E-state index contributed by atoms with van der Waals surface area (Å²) in [5.41, 5.74) is 2.51. The number of rotatable bonds is 1. The molecule has 2 fully saturated rings. The molecule has 0 spiro atoms. The van der Waals surface area contributed by atoms with Crippen LogP contribution < -0.4 is 9.80 Å². The van der Waals surface area contributed by atoms with Gasteiger partial charge in [-0.25, -0.2) is 4.90 Å². The highest BCUT2D eigenvalue weighted by Crippen LogP contribution is 2.44. The minimum atomic E-state index is -0.655. The number of nitrogens with zero attached hydrogens (tertiary/aromatic N) is 2. The summed E-state index contributed by atoms with van der Waals surface area (Å²) < 4.78 is 0. The van der Waals surface area contributed by atoms with Crippen LogP contribution in [0.25, 0.3) is 6.08 Å². The van der Waals surface area contributed by atoms with E-state index in [-0.39, 0.29) is 17.9 Å². The van der Waals surface area contributed by atoms with E-state index in [0.29, 0.717) is 10.7 Å². The smallest absolute Gasteiger partial charge is 0.245 e. The zero-order valence-electron chi connectivity index (χ0n) is 14.2. The van der Waals surface area contributed by atoms with Crippen molar-refractivity contribution in [2.75, 3.05) is 4.90 Å². The number of quaternary nitrogens is 1. The highest BCUT2D eigenvalue weighted by atomic mass is 35.5. The first kappa shape index (κ1) is 16.2. The maximum atomic E-state index is 13.4. The predicted octanol–water partition coefficient (Wildman–Crippen LogP) is 1.96. The number of halogens is 1. The van der Waals surface area contributed by atoms with Crippen LogP contribution in [0, 0.1) is 23.2 Å². The van der Waals surface area contributed by atoms with E-state index in [1.165, 1.54) is 4.90 Å². The lowest BCUT2D eigenvalue weighted by Gasteiger charge is -2.28. The number of benzene rings is 2. The van der Waals surface area contributed by atoms with Crippen LogP contribution in [-0.4, -0.2) is 17.9 Å². The molecule has 0 aromatic heterocycles. The molecule has 132 valence electrons. The SMILES string of the molecule is N#C[C@@H]1[C@@H]2C(=O)N(c3cccc(Cl)c3)C(=O)[C@@H]2[C@@H]2c3ccccc3C=C[NH+]12. The van der Waals surface area contributed by atoms with Gasteiger partial charge < -0.3 is 0 Å². The van der Waals surface area contributed by atoms with E-state index < -0.39 is 17.9 Å². The van der Waals surface area contributed by atoms with Crippen molar-refractivity contribution in [1.82, 2.24) is 0 Å². The second-order valence-corrected chi connectivity index (χ2v) is 7.53. The predicted molar refractivity (Wildman–Crippen MR) is 99.5 cm³/mol. The first-order chi connectivity index (χ1) is 13.1. The van der Waals surface area contributed by atoms with Crippen molar-refractivity contribution >= 4 is 35.2 Å². The number of fused-ring (bicyclic) bond motifs is 5. The number of anilines is 1. The van der Waals surface area contributed by atoms with Crippen molar-refractivity contribution < 1.29 is 14.5 Å². The van der Waals surface area contributed by atoms with E-state index in [0.717, 1.165) is 16.0 Å². The summed E-state index contributed by atoms with van der Waals surface area (Å²) in [4.78, 5) is 28.6. The van der Waals surface area contributed by atoms with Gasteiger partial charge in [-0.15, -0.1) is 0 Å². The van der Waals surface area contributed by atoms with E-state index in [4.69, 9.17) is 11.6 Å². The molecule has 5 atom stereocenters. The summed E-state index contributed by atoms with van der Waals surface area (Å²) in [6.07, 6.45) is 3.89. The number of hydrogen-bond acceptors (Lipinski definition) is 3. The number of carbonyl (C=O) groups excluding carboxylic acids is 2. The molecule has 27 heavy (non-hydrogen) atoms. The number of carbonyl (C=O) groups is 2. The van der Waals surface area contributed by atoms with Gasteiger partial charge in [-0.3, -0.25) is 14.5 Å². The lowest BCUT2D eigenvalue weighted by molar-refractivity contribution is -0.885. The van der Waals surface area contributed by atoms with Crippen molar-refractivity contribution in [2.24, 2.45) is 11.8 Å². The molecule has 2 amide bonds. The standard InChI is InChI=1S/C21H14ClN3O2/c22-13-5-3-6-14(10-13)25-20(26)17-16(11-23)24-9-8-12-4-1-2-7-15(12)19(24)18(17)21(25)27/h1-10,16-19H/p+1/t16-,17+,18+,19+/m1/s1. The summed E-state index contributed by atoms with van der Waals surface area (Å²) in [5, 5.41) is 10.3. The van der Waals surface area contributed by atoms with Gasteiger partial charge in [-0.1, -0.05) is 41.9 Å². The first-order valence-electron chi connectivity index (χ1n) is 8.78. The fourth-order valence-corrected chi connectivity index (χ4v) is 4.94. The molecule has 0 bridgehead atoms. The van der Waals surface area contributed by atoms with Gasteiger partial charge in [0.15, 0.2) is 6.04 Å². The highest BCUT2D eigenvalue weighted by Gasteiger charge is 2.66. The molecule has 0 saturated carbocycles. The molecule has 3 heterocycles. The molecule has 2 saturated heterocycles. The molecule has 2 aromatic carbocycles. The van der Waals surface area contributed by atoms with Crippen molar-refractivity contribution in [1.29, 1.82) is 5.26 Å². The molecule has 5 nitrogen and oxygen atoms in total. The zero-order valence-corrected chi connectivity index (χ0v) is 14.9. The molecule has 0 aliphatic carbocycles. The molecule has 3 aliphatic rings. The maximum absolute atomic E-state index is 13.4. The molecular formula is C21H15ClN3O2+. The van der Waals surface area contributed by atoms with Crippen molar-refractivity contribution in [3.8, 4) is 6.07 Å². The highest BCUT2D eigenvalue weighted by molar-refractivity contribution is 6.31. The molecule has 0 radical (unpaired) electrons. The fourth-order valence-electron chi connectivity index (χ4n) is 4.76. The molecule has 1 unspecified atom stereocenters. The monoisotopic (exact) mass is 376 g/mol. The van der Waals surface area contributed by atoms with Crippen LogP contribution in [-0.2, 0) is 9.59 Å². The van der Waals surface area contributed by atoms with Gasteiger partial charge in [0.05, 0.1) is 11.9 Å². The van der Waals surface area contributed by atoms with Crippen LogP contribution in [0.4, 0.5) is 5.69 Å². The summed E-state index contributed by atoms with van der Waals surface area (Å²) in [7, 11) is 0. The maximum Gasteiger partial charge on any atom is 0.245 e. The number of nitriles is 1. The average molecular weight is 377 g/mol. The largest absolute Gasteiger partial charge is 0.287 e. The van der Waals surface area contributed by atoms with Gasteiger partial charge >= 0.3 is 0 Å². The number of nitrogens with one attached hydrogen (secondary N) is 1. The number of amides is 2. The normalized spacial score (nSPS) is 30.7. The van der Waals surface area contributed by atoms with Gasteiger partial charge in [0.2, 0.25) is 11.8 Å². The average Bonchev–Trinajstić information content (AvgIpc) is 3.14. The Bertz CT molecular complexity index is 1060. The van der Waals surface area contributed by atoms with Gasteiger partial charge in [0.1, 0.15) is 23.9 Å². The Balaban J connectivity index is 1.65. The molecule has 5 rings (SSSR count). The van der Waals surface area contributed by atoms with Gasteiger partial charge in [-0.2, -0.15) is 5.26 Å². The molecular weight excluding hydrogens is 362 g/mol. The Hall–Kier alpha value is -2.94. The van der Waals surface area contributed by atoms with E-state index in [1.807, 2.05) is 36.5 Å². The van der Waals surface area contributed by atoms with E-state index in [2.05, 4.69) is 6.07 Å². The zero-order chi connectivity index (χ0) is 18.7. The lowest BCUT2D eigenvalue weighted by atomic mass is 9.85. The number of imide groups is 1. The molecule has 1 N–H and O–H groups in total. The van der Waals surface area contributed by atoms with Gasteiger partial charge in [0.25, 0.3) is 0 Å². The van der Waals surface area contributed by atoms with Crippen molar-refractivity contribution in [3.05, 3.63) is 70.9 Å². The third-order valence-electron chi connectivity index (χ3n) is 5.83. The molecule has 6 heteroatoms. The topological polar surface area (TPSA) is 65.6 Å². The Morgan fingerprint density at radius 2 is 1.81 bits per heavy atom. The van der Waals surface area contributed by atoms with Gasteiger partial charge in [0, 0.05) is 10.6 Å². The molecule has 3 aliphatic heterocycles. The quantitative estimate of drug-likeness (QED) is 0.774. The molecule has 2 aromatic rings. The van der Waals surface area contributed by atoms with Crippen molar-refractivity contribution in [3.63, 3.8) is 0 Å². The summed E-state index contributed by atoms with van der Waals surface area (Å²) in [5.74, 6) is -1.77. The van der Waals surface area contributed by atoms with Crippen LogP contribution in [0.3, 0.4) is 0 Å². The summed E-state index contributed by atoms with van der Waals surface area (Å²) in [6, 6.07) is 16.0. The number of hydrogen-bond donors (Lipinski definition) is 1. The van der Waals surface area contributed by atoms with Crippen LogP contribution in [0.15, 0.2) is 54.7 Å². The Kier molecular flexibility index (Phi) is 3.48. The fraction of sp³-hybridized carbons (Fsp3) is 0.190. The third-order valence-corrected chi connectivity index (χ3v) is 6.06. The van der Waals surface area contributed by atoms with Crippen molar-refractivity contribution in [2.45, 2.75) is 12.1 Å². The summed E-state index contributed by atoms with van der Waals surface area (Å²) in [6.45, 7) is 0. The minimum absolute atomic E-state index is 0.235. The third kappa shape index (κ3) is 2.14. The minimum Gasteiger partial charge on any atom is -0.287 e. The second-order valence-electron chi connectivity index (χ2n) is 7.09. The Labute approximate surface area is 161 Å². The Morgan fingerprint density at radius 3 is 2.59 bits per heavy atom. The Morgan fingerprint density at radius 1 is 1.04 bits per heavy atom. The van der Waals surface area contributed by atoms with E-state index in [1.54, 1.807) is 24.3 Å². The van der Waals surface area contributed by atoms with E-state index in [9.17, 15) is 14.9 Å². The van der Waals surface area contributed by atoms with E-state index >= 15 is 0 Å². The summed E-state index contributed by atoms with van der Waals surface area (Å²) >= 11 is 6.06. The van der Waals surface area contributed by atoms with Crippen LogP contribution in [0.5, 0.6) is 0 Å². The van der Waals surface area contributed by atoms with Crippen LogP contribution in [0.1, 0.15) is 17.2 Å². The lowest BCUT2D eigenvalue weighted by Crippen LogP contribution is -3.10.